The highest BCUT2D eigenvalue weighted by atomic mass is 19.4. The Hall–Kier alpha value is -1.17. The molecule has 22 heavy (non-hydrogen) atoms. The van der Waals surface area contributed by atoms with E-state index < -0.39 is 49.6 Å². The molecule has 0 aliphatic carbocycles. The van der Waals surface area contributed by atoms with E-state index in [1.54, 1.807) is 0 Å². The van der Waals surface area contributed by atoms with E-state index in [1.165, 1.54) is 0 Å². The summed E-state index contributed by atoms with van der Waals surface area (Å²) in [7, 11) is 0. The molecule has 1 unspecified atom stereocenters. The van der Waals surface area contributed by atoms with Gasteiger partial charge in [0.15, 0.2) is 0 Å². The van der Waals surface area contributed by atoms with Crippen molar-refractivity contribution in [1.82, 2.24) is 0 Å². The van der Waals surface area contributed by atoms with Crippen molar-refractivity contribution in [3.8, 4) is 0 Å². The Morgan fingerprint density at radius 2 is 1.36 bits per heavy atom. The van der Waals surface area contributed by atoms with Gasteiger partial charge in [-0.3, -0.25) is 4.74 Å². The molecule has 0 aromatic heterocycles. The summed E-state index contributed by atoms with van der Waals surface area (Å²) in [5.74, 6) is -24.8. The van der Waals surface area contributed by atoms with Crippen molar-refractivity contribution < 1.29 is 53.7 Å². The number of hydrogen-bond donors (Lipinski definition) is 0. The topological polar surface area (TPSA) is 27.7 Å². The lowest BCUT2D eigenvalue weighted by Crippen LogP contribution is -2.77. The summed E-state index contributed by atoms with van der Waals surface area (Å²) in [6.45, 7) is -0.203. The Bertz CT molecular complexity index is 426. The van der Waals surface area contributed by atoms with Gasteiger partial charge < -0.3 is 9.47 Å². The van der Waals surface area contributed by atoms with E-state index >= 15 is 0 Å². The third-order valence-corrected chi connectivity index (χ3v) is 2.66. The minimum Gasteiger partial charge on any atom is -0.499 e. The molecule has 12 heteroatoms. The van der Waals surface area contributed by atoms with E-state index in [4.69, 9.17) is 0 Å². The smallest absolute Gasteiger partial charge is 0.428 e. The van der Waals surface area contributed by atoms with Gasteiger partial charge in [-0.05, 0) is 0 Å². The van der Waals surface area contributed by atoms with Gasteiger partial charge in [0, 0.05) is 0 Å². The average Bonchev–Trinajstić information content (AvgIpc) is 2.36. The predicted molar refractivity (Wildman–Crippen MR) is 51.7 cm³/mol. The SMILES string of the molecule is C=COCCOCC1(F)OC(F)(F)C(F)(F)C(F)(F)C1(F)F. The summed E-state index contributed by atoms with van der Waals surface area (Å²) >= 11 is 0. The minimum absolute atomic E-state index is 0.409. The Balaban J connectivity index is 3.02. The van der Waals surface area contributed by atoms with E-state index in [0.717, 1.165) is 6.26 Å². The summed E-state index contributed by atoms with van der Waals surface area (Å²) in [5.41, 5.74) is 0. The maximum absolute atomic E-state index is 13.7. The lowest BCUT2D eigenvalue weighted by atomic mass is 9.93. The second-order valence-corrected chi connectivity index (χ2v) is 4.16. The Labute approximate surface area is 117 Å². The van der Waals surface area contributed by atoms with Crippen molar-refractivity contribution in [2.24, 2.45) is 0 Å². The maximum atomic E-state index is 13.7. The highest BCUT2D eigenvalue weighted by molar-refractivity contribution is 5.11. The fourth-order valence-corrected chi connectivity index (χ4v) is 1.46. The van der Waals surface area contributed by atoms with Crippen LogP contribution in [0.5, 0.6) is 0 Å². The van der Waals surface area contributed by atoms with E-state index in [9.17, 15) is 39.5 Å². The Kier molecular flexibility index (Phi) is 4.70. The normalized spacial score (nSPS) is 31.5. The third-order valence-electron chi connectivity index (χ3n) is 2.66. The fourth-order valence-electron chi connectivity index (χ4n) is 1.46. The molecule has 0 saturated carbocycles. The molecule has 1 aliphatic heterocycles. The number of hydrogen-bond acceptors (Lipinski definition) is 3. The molecule has 1 heterocycles. The minimum atomic E-state index is -6.71. The Morgan fingerprint density at radius 1 is 0.818 bits per heavy atom. The average molecular weight is 348 g/mol. The van der Waals surface area contributed by atoms with E-state index in [1.807, 2.05) is 0 Å². The van der Waals surface area contributed by atoms with Crippen LogP contribution in [0.3, 0.4) is 0 Å². The third kappa shape index (κ3) is 2.51. The first-order valence-electron chi connectivity index (χ1n) is 5.47. The van der Waals surface area contributed by atoms with Crippen LogP contribution >= 0.6 is 0 Å². The molecule has 0 bridgehead atoms. The summed E-state index contributed by atoms with van der Waals surface area (Å²) in [4.78, 5) is 0. The molecule has 3 nitrogen and oxygen atoms in total. The quantitative estimate of drug-likeness (QED) is 0.419. The van der Waals surface area contributed by atoms with Gasteiger partial charge in [-0.15, -0.1) is 0 Å². The lowest BCUT2D eigenvalue weighted by molar-refractivity contribution is -0.538. The zero-order chi connectivity index (χ0) is 17.4. The van der Waals surface area contributed by atoms with Gasteiger partial charge in [-0.1, -0.05) is 6.58 Å². The van der Waals surface area contributed by atoms with Crippen molar-refractivity contribution in [2.75, 3.05) is 19.8 Å². The zero-order valence-corrected chi connectivity index (χ0v) is 10.5. The molecule has 0 amide bonds. The second-order valence-electron chi connectivity index (χ2n) is 4.16. The van der Waals surface area contributed by atoms with Crippen LogP contribution in [0.4, 0.5) is 39.5 Å². The molecule has 0 radical (unpaired) electrons. The van der Waals surface area contributed by atoms with Crippen molar-refractivity contribution in [2.45, 2.75) is 29.7 Å². The molecular weight excluding hydrogens is 339 g/mol. The summed E-state index contributed by atoms with van der Waals surface area (Å²) in [6.07, 6.45) is -5.31. The number of alkyl halides is 9. The van der Waals surface area contributed by atoms with Crippen molar-refractivity contribution in [3.63, 3.8) is 0 Å². The molecule has 1 saturated heterocycles. The van der Waals surface area contributed by atoms with Crippen LogP contribution in [-0.2, 0) is 14.2 Å². The van der Waals surface area contributed by atoms with Crippen LogP contribution in [0.2, 0.25) is 0 Å². The van der Waals surface area contributed by atoms with E-state index in [0.29, 0.717) is 0 Å². The van der Waals surface area contributed by atoms with E-state index in [2.05, 4.69) is 20.8 Å². The van der Waals surface area contributed by atoms with Crippen LogP contribution in [0.15, 0.2) is 12.8 Å². The van der Waals surface area contributed by atoms with Gasteiger partial charge in [-0.2, -0.15) is 35.1 Å². The molecule has 130 valence electrons. The zero-order valence-electron chi connectivity index (χ0n) is 10.5. The van der Waals surface area contributed by atoms with Crippen LogP contribution < -0.4 is 0 Å². The molecule has 1 fully saturated rings. The second kappa shape index (κ2) is 5.48. The molecule has 0 aromatic rings. The van der Waals surface area contributed by atoms with Crippen LogP contribution in [-0.4, -0.2) is 49.6 Å². The molecule has 1 atom stereocenters. The van der Waals surface area contributed by atoms with Gasteiger partial charge in [-0.25, -0.2) is 4.39 Å². The highest BCUT2D eigenvalue weighted by Crippen LogP contribution is 2.62. The summed E-state index contributed by atoms with van der Waals surface area (Å²) < 4.78 is 129. The molecule has 0 spiro atoms. The number of rotatable bonds is 6. The monoisotopic (exact) mass is 348 g/mol. The van der Waals surface area contributed by atoms with E-state index in [-0.39, 0.29) is 0 Å². The van der Waals surface area contributed by atoms with Gasteiger partial charge in [0.1, 0.15) is 13.2 Å². The van der Waals surface area contributed by atoms with Gasteiger partial charge in [0.05, 0.1) is 12.9 Å². The maximum Gasteiger partial charge on any atom is 0.428 e. The highest BCUT2D eigenvalue weighted by Gasteiger charge is 2.92. The first-order chi connectivity index (χ1) is 9.77. The standard InChI is InChI=1S/C10H9F9O3/c1-2-20-3-4-21-5-6(11)7(12,13)8(14,15)9(16,17)10(18,19)22-6/h2H,1,3-5H2. The number of ether oxygens (including phenoxy) is 3. The lowest BCUT2D eigenvalue weighted by Gasteiger charge is -2.47. The molecule has 1 aliphatic rings. The van der Waals surface area contributed by atoms with Gasteiger partial charge >= 0.3 is 29.7 Å². The molecule has 0 N–H and O–H groups in total. The molecule has 0 aromatic carbocycles. The first kappa shape index (κ1) is 18.9. The van der Waals surface area contributed by atoms with Crippen molar-refractivity contribution in [1.29, 1.82) is 0 Å². The predicted octanol–water partition coefficient (Wildman–Crippen LogP) is 3.36. The van der Waals surface area contributed by atoms with Gasteiger partial charge in [0.2, 0.25) is 0 Å². The molecular formula is C10H9F9O3. The van der Waals surface area contributed by atoms with Crippen LogP contribution in [0, 0.1) is 0 Å². The Morgan fingerprint density at radius 3 is 1.86 bits per heavy atom. The number of halogens is 9. The van der Waals surface area contributed by atoms with Crippen LogP contribution in [0.25, 0.3) is 0 Å². The fraction of sp³-hybridized carbons (Fsp3) is 0.800. The van der Waals surface area contributed by atoms with Gasteiger partial charge in [0.25, 0.3) is 0 Å². The van der Waals surface area contributed by atoms with Crippen molar-refractivity contribution >= 4 is 0 Å². The van der Waals surface area contributed by atoms with Crippen LogP contribution in [0.1, 0.15) is 0 Å². The summed E-state index contributed by atoms with van der Waals surface area (Å²) in [6, 6.07) is 0. The summed E-state index contributed by atoms with van der Waals surface area (Å²) in [5, 5.41) is 0. The largest absolute Gasteiger partial charge is 0.499 e. The molecule has 1 rings (SSSR count). The first-order valence-corrected chi connectivity index (χ1v) is 5.47. The van der Waals surface area contributed by atoms with Crippen molar-refractivity contribution in [3.05, 3.63) is 12.8 Å².